The van der Waals surface area contributed by atoms with Crippen molar-refractivity contribution in [2.24, 2.45) is 0 Å². The molecule has 0 spiro atoms. The molecular formula is C9H16F3NO. The third-order valence-electron chi connectivity index (χ3n) is 2.31. The average molecular weight is 211 g/mol. The molecule has 0 radical (unpaired) electrons. The lowest BCUT2D eigenvalue weighted by atomic mass is 10.0. The van der Waals surface area contributed by atoms with Crippen LogP contribution in [0.25, 0.3) is 0 Å². The second-order valence-corrected chi connectivity index (χ2v) is 3.74. The van der Waals surface area contributed by atoms with Gasteiger partial charge < -0.3 is 10.1 Å². The maximum absolute atomic E-state index is 11.8. The van der Waals surface area contributed by atoms with Gasteiger partial charge in [0, 0.05) is 6.04 Å². The van der Waals surface area contributed by atoms with E-state index >= 15 is 0 Å². The van der Waals surface area contributed by atoms with Gasteiger partial charge in [0.25, 0.3) is 0 Å². The smallest absolute Gasteiger partial charge is 0.378 e. The zero-order valence-corrected chi connectivity index (χ0v) is 8.23. The lowest BCUT2D eigenvalue weighted by Crippen LogP contribution is -2.39. The molecule has 1 aliphatic heterocycles. The van der Waals surface area contributed by atoms with E-state index in [0.717, 1.165) is 19.4 Å². The van der Waals surface area contributed by atoms with Crippen molar-refractivity contribution in [2.45, 2.75) is 44.5 Å². The second kappa shape index (κ2) is 4.98. The summed E-state index contributed by atoms with van der Waals surface area (Å²) in [5.41, 5.74) is 0. The normalized spacial score (nSPS) is 29.1. The molecule has 0 saturated carbocycles. The highest BCUT2D eigenvalue weighted by Gasteiger charge is 2.27. The van der Waals surface area contributed by atoms with E-state index < -0.39 is 12.6 Å². The van der Waals surface area contributed by atoms with Crippen molar-refractivity contribution < 1.29 is 17.9 Å². The van der Waals surface area contributed by atoms with Crippen LogP contribution in [-0.2, 0) is 4.74 Å². The van der Waals surface area contributed by atoms with Crippen molar-refractivity contribution in [3.05, 3.63) is 0 Å². The zero-order chi connectivity index (χ0) is 10.6. The number of nitrogens with one attached hydrogen (secondary N) is 1. The van der Waals surface area contributed by atoms with E-state index in [9.17, 15) is 13.2 Å². The van der Waals surface area contributed by atoms with Gasteiger partial charge in [0.2, 0.25) is 0 Å². The lowest BCUT2D eigenvalue weighted by molar-refractivity contribution is -0.150. The molecule has 14 heavy (non-hydrogen) atoms. The van der Waals surface area contributed by atoms with E-state index in [1.807, 2.05) is 6.92 Å². The minimum atomic E-state index is -4.10. The third-order valence-corrected chi connectivity index (χ3v) is 2.31. The molecule has 2 atom stereocenters. The quantitative estimate of drug-likeness (QED) is 0.771. The molecule has 2 nitrogen and oxygen atoms in total. The highest BCUT2D eigenvalue weighted by atomic mass is 19.4. The molecule has 1 rings (SSSR count). The summed E-state index contributed by atoms with van der Waals surface area (Å²) in [5, 5.41) is 3.22. The molecule has 0 aromatic carbocycles. The molecule has 5 heteroatoms. The van der Waals surface area contributed by atoms with E-state index in [1.165, 1.54) is 0 Å². The van der Waals surface area contributed by atoms with Gasteiger partial charge in [-0.15, -0.1) is 0 Å². The van der Waals surface area contributed by atoms with Crippen LogP contribution in [0, 0.1) is 0 Å². The second-order valence-electron chi connectivity index (χ2n) is 3.74. The van der Waals surface area contributed by atoms with Crippen molar-refractivity contribution in [1.29, 1.82) is 0 Å². The molecule has 0 bridgehead atoms. The van der Waals surface area contributed by atoms with Crippen LogP contribution < -0.4 is 5.32 Å². The first kappa shape index (κ1) is 11.8. The van der Waals surface area contributed by atoms with Crippen molar-refractivity contribution in [1.82, 2.24) is 5.32 Å². The van der Waals surface area contributed by atoms with Crippen LogP contribution in [0.15, 0.2) is 0 Å². The molecule has 0 aromatic rings. The summed E-state index contributed by atoms with van der Waals surface area (Å²) in [4.78, 5) is 0. The van der Waals surface area contributed by atoms with Gasteiger partial charge in [-0.3, -0.25) is 0 Å². The van der Waals surface area contributed by atoms with E-state index in [1.54, 1.807) is 0 Å². The van der Waals surface area contributed by atoms with Gasteiger partial charge in [-0.1, -0.05) is 0 Å². The van der Waals surface area contributed by atoms with Gasteiger partial charge >= 0.3 is 6.18 Å². The Labute approximate surface area is 81.8 Å². The number of halogens is 3. The van der Waals surface area contributed by atoms with Crippen LogP contribution in [0.4, 0.5) is 13.2 Å². The number of ether oxygens (including phenoxy) is 1. The minimum Gasteiger partial charge on any atom is -0.378 e. The molecule has 0 amide bonds. The summed E-state index contributed by atoms with van der Waals surface area (Å²) in [6, 6.07) is 0.347. The monoisotopic (exact) mass is 211 g/mol. The first-order chi connectivity index (χ1) is 6.47. The first-order valence-electron chi connectivity index (χ1n) is 4.89. The molecule has 0 aromatic heterocycles. The molecule has 0 aliphatic carbocycles. The summed E-state index contributed by atoms with van der Waals surface area (Å²) in [7, 11) is 0. The molecule has 1 saturated heterocycles. The number of piperidine rings is 1. The van der Waals surface area contributed by atoms with E-state index in [4.69, 9.17) is 4.74 Å². The van der Waals surface area contributed by atoms with Crippen LogP contribution in [0.3, 0.4) is 0 Å². The van der Waals surface area contributed by atoms with E-state index in [0.29, 0.717) is 6.04 Å². The molecule has 1 fully saturated rings. The van der Waals surface area contributed by atoms with E-state index in [2.05, 4.69) is 5.32 Å². The molecule has 1 aliphatic rings. The fraction of sp³-hybridized carbons (Fsp3) is 1.00. The summed E-state index contributed by atoms with van der Waals surface area (Å²) >= 11 is 0. The Morgan fingerprint density at radius 1 is 1.43 bits per heavy atom. The highest BCUT2D eigenvalue weighted by molar-refractivity contribution is 4.75. The van der Waals surface area contributed by atoms with Crippen LogP contribution in [0.1, 0.15) is 26.2 Å². The Bertz CT molecular complexity index is 172. The zero-order valence-electron chi connectivity index (χ0n) is 8.23. The van der Waals surface area contributed by atoms with Gasteiger partial charge in [0.1, 0.15) is 0 Å². The summed E-state index contributed by atoms with van der Waals surface area (Å²) in [6.07, 6.45) is -3.34. The Morgan fingerprint density at radius 2 is 2.14 bits per heavy atom. The van der Waals surface area contributed by atoms with Crippen LogP contribution in [0.5, 0.6) is 0 Å². The average Bonchev–Trinajstić information content (AvgIpc) is 2.01. The third kappa shape index (κ3) is 4.81. The summed E-state index contributed by atoms with van der Waals surface area (Å²) in [6.45, 7) is 2.64. The number of rotatable bonds is 3. The SMILES string of the molecule is CC1CC(OCCC(F)(F)F)CCN1. The molecule has 2 unspecified atom stereocenters. The predicted molar refractivity (Wildman–Crippen MR) is 47.1 cm³/mol. The minimum absolute atomic E-state index is 0.00593. The fourth-order valence-electron chi connectivity index (χ4n) is 1.58. The predicted octanol–water partition coefficient (Wildman–Crippen LogP) is 2.10. The van der Waals surface area contributed by atoms with Crippen molar-refractivity contribution in [3.8, 4) is 0 Å². The Morgan fingerprint density at radius 3 is 2.71 bits per heavy atom. The highest BCUT2D eigenvalue weighted by Crippen LogP contribution is 2.20. The molecule has 84 valence electrons. The topological polar surface area (TPSA) is 21.3 Å². The Hall–Kier alpha value is -0.290. The Kier molecular flexibility index (Phi) is 4.19. The van der Waals surface area contributed by atoms with Gasteiger partial charge in [0.15, 0.2) is 0 Å². The van der Waals surface area contributed by atoms with Crippen LogP contribution >= 0.6 is 0 Å². The van der Waals surface area contributed by atoms with Gasteiger partial charge in [-0.05, 0) is 26.3 Å². The standard InChI is InChI=1S/C9H16F3NO/c1-7-6-8(2-4-13-7)14-5-3-9(10,11)12/h7-8,13H,2-6H2,1H3. The molecule has 1 N–H and O–H groups in total. The van der Waals surface area contributed by atoms with Crippen LogP contribution in [-0.4, -0.2) is 31.5 Å². The first-order valence-corrected chi connectivity index (χ1v) is 4.89. The van der Waals surface area contributed by atoms with Crippen molar-refractivity contribution >= 4 is 0 Å². The van der Waals surface area contributed by atoms with Gasteiger partial charge in [-0.25, -0.2) is 0 Å². The van der Waals surface area contributed by atoms with Crippen molar-refractivity contribution in [3.63, 3.8) is 0 Å². The van der Waals surface area contributed by atoms with Gasteiger partial charge in [0.05, 0.1) is 19.1 Å². The largest absolute Gasteiger partial charge is 0.391 e. The maximum Gasteiger partial charge on any atom is 0.391 e. The lowest BCUT2D eigenvalue weighted by Gasteiger charge is -2.28. The maximum atomic E-state index is 11.8. The number of hydrogen-bond acceptors (Lipinski definition) is 2. The number of hydrogen-bond donors (Lipinski definition) is 1. The van der Waals surface area contributed by atoms with Crippen molar-refractivity contribution in [2.75, 3.05) is 13.2 Å². The molecular weight excluding hydrogens is 195 g/mol. The fourth-order valence-corrected chi connectivity index (χ4v) is 1.58. The summed E-state index contributed by atoms with van der Waals surface area (Å²) in [5.74, 6) is 0. The number of alkyl halides is 3. The Balaban J connectivity index is 2.12. The van der Waals surface area contributed by atoms with E-state index in [-0.39, 0.29) is 12.7 Å². The summed E-state index contributed by atoms with van der Waals surface area (Å²) < 4.78 is 40.6. The molecule has 1 heterocycles. The van der Waals surface area contributed by atoms with Gasteiger partial charge in [-0.2, -0.15) is 13.2 Å². The van der Waals surface area contributed by atoms with Crippen LogP contribution in [0.2, 0.25) is 0 Å².